The van der Waals surface area contributed by atoms with Gasteiger partial charge in [-0.25, -0.2) is 4.39 Å². The largest absolute Gasteiger partial charge is 0.487 e. The lowest BCUT2D eigenvalue weighted by Crippen LogP contribution is -2.56. The molecule has 0 bridgehead atoms. The number of amides is 2. The molecule has 0 spiro atoms. The minimum absolute atomic E-state index is 0.0177. The summed E-state index contributed by atoms with van der Waals surface area (Å²) >= 11 is 0. The Bertz CT molecular complexity index is 1130. The third-order valence-corrected chi connectivity index (χ3v) is 5.84. The fraction of sp³-hybridized carbons (Fsp3) is 0.250. The molecule has 2 fully saturated rings. The van der Waals surface area contributed by atoms with Gasteiger partial charge in [-0.05, 0) is 54.6 Å². The predicted octanol–water partition coefficient (Wildman–Crippen LogP) is 2.59. The molecule has 33 heavy (non-hydrogen) atoms. The first kappa shape index (κ1) is 20.9. The summed E-state index contributed by atoms with van der Waals surface area (Å²) in [6.07, 6.45) is 3.22. The van der Waals surface area contributed by atoms with E-state index >= 15 is 0 Å². The molecular formula is C24H22FN5O3. The van der Waals surface area contributed by atoms with E-state index in [1.807, 2.05) is 6.07 Å². The molecule has 3 aromatic rings. The quantitative estimate of drug-likeness (QED) is 0.625. The van der Waals surface area contributed by atoms with Crippen LogP contribution in [0.15, 0.2) is 67.0 Å². The number of hydrogen-bond donors (Lipinski definition) is 1. The molecule has 2 aliphatic heterocycles. The highest BCUT2D eigenvalue weighted by Gasteiger charge is 2.34. The van der Waals surface area contributed by atoms with E-state index in [0.717, 1.165) is 5.69 Å². The highest BCUT2D eigenvalue weighted by molar-refractivity contribution is 5.95. The molecule has 8 nitrogen and oxygen atoms in total. The summed E-state index contributed by atoms with van der Waals surface area (Å²) in [6, 6.07) is 14.6. The van der Waals surface area contributed by atoms with E-state index in [0.29, 0.717) is 43.2 Å². The van der Waals surface area contributed by atoms with Crippen LogP contribution in [0.3, 0.4) is 0 Å². The minimum Gasteiger partial charge on any atom is -0.487 e. The van der Waals surface area contributed by atoms with Crippen LogP contribution in [0.4, 0.5) is 15.8 Å². The van der Waals surface area contributed by atoms with Gasteiger partial charge in [0.25, 0.3) is 5.91 Å². The molecule has 0 radical (unpaired) electrons. The molecule has 0 atom stereocenters. The minimum atomic E-state index is -0.367. The van der Waals surface area contributed by atoms with E-state index in [-0.39, 0.29) is 29.7 Å². The van der Waals surface area contributed by atoms with Crippen molar-refractivity contribution < 1.29 is 18.7 Å². The molecule has 0 saturated carbocycles. The molecule has 2 aliphatic rings. The van der Waals surface area contributed by atoms with Gasteiger partial charge in [0.2, 0.25) is 5.91 Å². The van der Waals surface area contributed by atoms with Crippen LogP contribution in [0.5, 0.6) is 5.75 Å². The predicted molar refractivity (Wildman–Crippen MR) is 120 cm³/mol. The maximum Gasteiger partial charge on any atom is 0.254 e. The second kappa shape index (κ2) is 8.85. The number of aromatic nitrogens is 2. The van der Waals surface area contributed by atoms with E-state index < -0.39 is 0 Å². The van der Waals surface area contributed by atoms with E-state index in [2.05, 4.69) is 20.4 Å². The van der Waals surface area contributed by atoms with E-state index in [1.54, 1.807) is 41.6 Å². The van der Waals surface area contributed by atoms with Gasteiger partial charge in [0.1, 0.15) is 17.7 Å². The number of halogens is 1. The number of ether oxygens (including phenoxy) is 1. The number of benzene rings is 2. The van der Waals surface area contributed by atoms with Gasteiger partial charge in [-0.2, -0.15) is 10.2 Å². The van der Waals surface area contributed by atoms with Gasteiger partial charge in [-0.15, -0.1) is 0 Å². The molecule has 3 heterocycles. The first-order chi connectivity index (χ1) is 16.0. The maximum absolute atomic E-state index is 13.0. The van der Waals surface area contributed by atoms with Crippen molar-refractivity contribution in [2.24, 2.45) is 5.92 Å². The normalized spacial score (nSPS) is 16.0. The molecule has 2 saturated heterocycles. The van der Waals surface area contributed by atoms with E-state index in [9.17, 15) is 14.0 Å². The van der Waals surface area contributed by atoms with Crippen molar-refractivity contribution in [2.75, 3.05) is 36.4 Å². The van der Waals surface area contributed by atoms with E-state index in [4.69, 9.17) is 4.74 Å². The Morgan fingerprint density at radius 2 is 1.67 bits per heavy atom. The molecular weight excluding hydrogens is 425 g/mol. The second-order valence-corrected chi connectivity index (χ2v) is 8.17. The fourth-order valence-corrected chi connectivity index (χ4v) is 3.83. The lowest BCUT2D eigenvalue weighted by atomic mass is 9.98. The lowest BCUT2D eigenvalue weighted by Gasteiger charge is -2.39. The Kier molecular flexibility index (Phi) is 5.60. The number of carbonyl (C=O) groups excluding carboxylic acids is 2. The Labute approximate surface area is 190 Å². The molecule has 2 aromatic carbocycles. The molecule has 0 unspecified atom stereocenters. The summed E-state index contributed by atoms with van der Waals surface area (Å²) in [5, 5.41) is 10.6. The number of rotatable bonds is 6. The van der Waals surface area contributed by atoms with E-state index in [1.165, 1.54) is 24.3 Å². The van der Waals surface area contributed by atoms with Crippen molar-refractivity contribution in [2.45, 2.75) is 6.10 Å². The third-order valence-electron chi connectivity index (χ3n) is 5.84. The summed E-state index contributed by atoms with van der Waals surface area (Å²) in [6.45, 7) is 2.24. The van der Waals surface area contributed by atoms with Crippen molar-refractivity contribution in [3.63, 3.8) is 0 Å². The van der Waals surface area contributed by atoms with Crippen LogP contribution in [0.2, 0.25) is 0 Å². The Morgan fingerprint density at radius 3 is 2.33 bits per heavy atom. The molecule has 168 valence electrons. The molecule has 1 aromatic heterocycles. The first-order valence-electron chi connectivity index (χ1n) is 10.7. The van der Waals surface area contributed by atoms with Crippen LogP contribution in [0.1, 0.15) is 10.4 Å². The highest BCUT2D eigenvalue weighted by atomic mass is 19.1. The summed E-state index contributed by atoms with van der Waals surface area (Å²) < 4.78 is 18.9. The Morgan fingerprint density at radius 1 is 0.939 bits per heavy atom. The van der Waals surface area contributed by atoms with Gasteiger partial charge in [0.15, 0.2) is 0 Å². The number of nitrogens with one attached hydrogen (secondary N) is 1. The van der Waals surface area contributed by atoms with Gasteiger partial charge in [0, 0.05) is 24.3 Å². The lowest BCUT2D eigenvalue weighted by molar-refractivity contribution is -0.120. The number of nitrogens with zero attached hydrogens (tertiary/aromatic N) is 4. The number of hydrogen-bond acceptors (Lipinski definition) is 6. The average molecular weight is 447 g/mol. The fourth-order valence-electron chi connectivity index (χ4n) is 3.83. The maximum atomic E-state index is 13.0. The third kappa shape index (κ3) is 4.62. The molecule has 5 rings (SSSR count). The van der Waals surface area contributed by atoms with Crippen LogP contribution in [-0.2, 0) is 4.79 Å². The topological polar surface area (TPSA) is 87.7 Å². The Balaban J connectivity index is 1.06. The molecule has 1 N–H and O–H groups in total. The highest BCUT2D eigenvalue weighted by Crippen LogP contribution is 2.26. The number of likely N-dealkylation sites (tertiary alicyclic amines) is 1. The zero-order chi connectivity index (χ0) is 22.8. The zero-order valence-electron chi connectivity index (χ0n) is 17.7. The van der Waals surface area contributed by atoms with Gasteiger partial charge >= 0.3 is 0 Å². The number of anilines is 2. The SMILES string of the molecule is O=C(Nc1ccc(OC2CN(C(=O)c3ccc(F)cc3)C2)cc1)C1CN(c2ccnnc2)C1. The Hall–Kier alpha value is -4.01. The van der Waals surface area contributed by atoms with Gasteiger partial charge < -0.3 is 19.9 Å². The van der Waals surface area contributed by atoms with Crippen molar-refractivity contribution in [1.82, 2.24) is 15.1 Å². The van der Waals surface area contributed by atoms with Crippen molar-refractivity contribution >= 4 is 23.2 Å². The van der Waals surface area contributed by atoms with Crippen LogP contribution >= 0.6 is 0 Å². The van der Waals surface area contributed by atoms with Crippen LogP contribution in [-0.4, -0.2) is 59.2 Å². The van der Waals surface area contributed by atoms with Gasteiger partial charge in [0.05, 0.1) is 37.1 Å². The molecule has 0 aliphatic carbocycles. The van der Waals surface area contributed by atoms with Crippen LogP contribution in [0.25, 0.3) is 0 Å². The van der Waals surface area contributed by atoms with Crippen molar-refractivity contribution in [3.05, 3.63) is 78.4 Å². The summed E-state index contributed by atoms with van der Waals surface area (Å²) in [5.74, 6) is 0.0762. The number of carbonyl (C=O) groups is 2. The molecule has 9 heteroatoms. The zero-order valence-corrected chi connectivity index (χ0v) is 17.7. The first-order valence-corrected chi connectivity index (χ1v) is 10.7. The smallest absolute Gasteiger partial charge is 0.254 e. The van der Waals surface area contributed by atoms with Crippen LogP contribution < -0.4 is 15.0 Å². The monoisotopic (exact) mass is 447 g/mol. The summed E-state index contributed by atoms with van der Waals surface area (Å²) in [5.41, 5.74) is 2.13. The van der Waals surface area contributed by atoms with Gasteiger partial charge in [-0.1, -0.05) is 0 Å². The van der Waals surface area contributed by atoms with Gasteiger partial charge in [-0.3, -0.25) is 9.59 Å². The van der Waals surface area contributed by atoms with Crippen LogP contribution in [0, 0.1) is 11.7 Å². The summed E-state index contributed by atoms with van der Waals surface area (Å²) in [4.78, 5) is 28.6. The summed E-state index contributed by atoms with van der Waals surface area (Å²) in [7, 11) is 0. The van der Waals surface area contributed by atoms with Crippen molar-refractivity contribution in [1.29, 1.82) is 0 Å². The average Bonchev–Trinajstić information content (AvgIpc) is 2.77. The second-order valence-electron chi connectivity index (χ2n) is 8.17. The molecule has 2 amide bonds. The standard InChI is InChI=1S/C24H22FN5O3/c25-18-3-1-16(2-4-18)24(32)30-14-22(15-30)33-21-7-5-19(6-8-21)28-23(31)17-12-29(13-17)20-9-10-26-27-11-20/h1-11,17,22H,12-15H2,(H,28,31). The van der Waals surface area contributed by atoms with Crippen molar-refractivity contribution in [3.8, 4) is 5.75 Å².